The van der Waals surface area contributed by atoms with Crippen LogP contribution >= 0.6 is 0 Å². The van der Waals surface area contributed by atoms with Crippen molar-refractivity contribution in [2.45, 2.75) is 24.5 Å². The lowest BCUT2D eigenvalue weighted by molar-refractivity contribution is -0.137. The lowest BCUT2D eigenvalue weighted by atomic mass is 9.97. The molecule has 2 aliphatic rings. The number of hydrogen-bond donors (Lipinski definition) is 1. The fourth-order valence-corrected chi connectivity index (χ4v) is 5.25. The van der Waals surface area contributed by atoms with E-state index in [2.05, 4.69) is 5.32 Å². The van der Waals surface area contributed by atoms with E-state index in [0.717, 1.165) is 0 Å². The molecule has 0 bridgehead atoms. The minimum absolute atomic E-state index is 0.0675. The van der Waals surface area contributed by atoms with E-state index >= 15 is 0 Å². The van der Waals surface area contributed by atoms with E-state index in [9.17, 15) is 22.4 Å². The molecule has 3 rings (SSSR count). The summed E-state index contributed by atoms with van der Waals surface area (Å²) in [6.07, 6.45) is 0.957. The third kappa shape index (κ3) is 3.84. The summed E-state index contributed by atoms with van der Waals surface area (Å²) in [6.45, 7) is 0.662. The number of amides is 2. The highest BCUT2D eigenvalue weighted by molar-refractivity contribution is 7.91. The van der Waals surface area contributed by atoms with E-state index in [1.165, 1.54) is 18.2 Å². The van der Waals surface area contributed by atoms with Crippen LogP contribution in [0.3, 0.4) is 0 Å². The van der Waals surface area contributed by atoms with Gasteiger partial charge in [0.1, 0.15) is 5.82 Å². The van der Waals surface area contributed by atoms with Crippen LogP contribution in [0.4, 0.5) is 4.39 Å². The Morgan fingerprint density at radius 1 is 1.20 bits per heavy atom. The first kappa shape index (κ1) is 17.8. The molecule has 2 fully saturated rings. The second-order valence-corrected chi connectivity index (χ2v) is 8.83. The third-order valence-corrected chi connectivity index (χ3v) is 7.03. The van der Waals surface area contributed by atoms with Crippen molar-refractivity contribution in [3.8, 4) is 0 Å². The maximum Gasteiger partial charge on any atom is 0.227 e. The fourth-order valence-electron chi connectivity index (χ4n) is 3.45. The van der Waals surface area contributed by atoms with Crippen LogP contribution in [-0.4, -0.2) is 50.5 Å². The molecule has 2 amide bonds. The summed E-state index contributed by atoms with van der Waals surface area (Å²) in [4.78, 5) is 25.4. The van der Waals surface area contributed by atoms with Gasteiger partial charge >= 0.3 is 0 Å². The number of carbonyl (C=O) groups is 2. The van der Waals surface area contributed by atoms with Gasteiger partial charge in [-0.15, -0.1) is 0 Å². The van der Waals surface area contributed by atoms with Gasteiger partial charge in [0.2, 0.25) is 11.8 Å². The van der Waals surface area contributed by atoms with Gasteiger partial charge in [0.15, 0.2) is 9.84 Å². The maximum atomic E-state index is 14.0. The molecule has 6 nitrogen and oxygen atoms in total. The highest BCUT2D eigenvalue weighted by Gasteiger charge is 2.36. The van der Waals surface area contributed by atoms with Gasteiger partial charge in [0.05, 0.1) is 16.9 Å². The molecule has 25 heavy (non-hydrogen) atoms. The number of halogens is 1. The summed E-state index contributed by atoms with van der Waals surface area (Å²) in [7, 11) is -3.55. The predicted molar refractivity (Wildman–Crippen MR) is 89.9 cm³/mol. The second kappa shape index (κ2) is 7.11. The van der Waals surface area contributed by atoms with Crippen LogP contribution in [0, 0.1) is 11.7 Å². The smallest absolute Gasteiger partial charge is 0.227 e. The Bertz CT molecular complexity index is 771. The van der Waals surface area contributed by atoms with Crippen molar-refractivity contribution in [1.82, 2.24) is 10.2 Å². The fraction of sp³-hybridized carbons (Fsp3) is 0.529. The van der Waals surface area contributed by atoms with Crippen LogP contribution in [-0.2, 0) is 19.4 Å². The first-order valence-corrected chi connectivity index (χ1v) is 10.1. The Balaban J connectivity index is 1.75. The molecule has 8 heteroatoms. The molecule has 136 valence electrons. The Morgan fingerprint density at radius 2 is 1.96 bits per heavy atom. The predicted octanol–water partition coefficient (Wildman–Crippen LogP) is 1.04. The van der Waals surface area contributed by atoms with E-state index < -0.39 is 20.9 Å². The average molecular weight is 368 g/mol. The number of benzene rings is 1. The Kier molecular flexibility index (Phi) is 5.08. The van der Waals surface area contributed by atoms with Crippen molar-refractivity contribution in [3.63, 3.8) is 0 Å². The maximum absolute atomic E-state index is 14.0. The zero-order valence-electron chi connectivity index (χ0n) is 13.8. The van der Waals surface area contributed by atoms with E-state index in [1.807, 2.05) is 0 Å². The summed E-state index contributed by atoms with van der Waals surface area (Å²) in [5.41, 5.74) is 0.168. The van der Waals surface area contributed by atoms with Crippen molar-refractivity contribution < 1.29 is 22.4 Å². The molecule has 0 radical (unpaired) electrons. The Labute approximate surface area is 146 Å². The van der Waals surface area contributed by atoms with Crippen molar-refractivity contribution in [1.29, 1.82) is 0 Å². The molecule has 2 atom stereocenters. The highest BCUT2D eigenvalue weighted by atomic mass is 32.2. The number of rotatable bonds is 2. The Hall–Kier alpha value is -1.96. The zero-order valence-corrected chi connectivity index (χ0v) is 14.6. The van der Waals surface area contributed by atoms with E-state index in [1.54, 1.807) is 11.0 Å². The largest absolute Gasteiger partial charge is 0.355 e. The lowest BCUT2D eigenvalue weighted by Crippen LogP contribution is -2.45. The van der Waals surface area contributed by atoms with Gasteiger partial charge in [-0.05, 0) is 18.9 Å². The lowest BCUT2D eigenvalue weighted by Gasteiger charge is -2.28. The highest BCUT2D eigenvalue weighted by Crippen LogP contribution is 2.31. The summed E-state index contributed by atoms with van der Waals surface area (Å²) >= 11 is 0. The summed E-state index contributed by atoms with van der Waals surface area (Å²) < 4.78 is 39.2. The van der Waals surface area contributed by atoms with Crippen LogP contribution in [0.2, 0.25) is 0 Å². The van der Waals surface area contributed by atoms with Crippen LogP contribution in [0.1, 0.15) is 30.1 Å². The molecule has 2 aliphatic heterocycles. The minimum Gasteiger partial charge on any atom is -0.355 e. The van der Waals surface area contributed by atoms with Crippen LogP contribution < -0.4 is 5.32 Å². The molecule has 1 aromatic rings. The molecular formula is C17H21FN2O4S. The van der Waals surface area contributed by atoms with Gasteiger partial charge < -0.3 is 10.2 Å². The quantitative estimate of drug-likeness (QED) is 0.845. The van der Waals surface area contributed by atoms with Gasteiger partial charge in [-0.25, -0.2) is 12.8 Å². The zero-order chi connectivity index (χ0) is 18.0. The van der Waals surface area contributed by atoms with Crippen molar-refractivity contribution in [2.75, 3.05) is 25.4 Å². The average Bonchev–Trinajstić information content (AvgIpc) is 2.74. The van der Waals surface area contributed by atoms with Gasteiger partial charge in [0, 0.05) is 31.6 Å². The first-order valence-electron chi connectivity index (χ1n) is 8.40. The standard InChI is InChI=1S/C17H21FN2O4S/c18-14-4-2-1-3-13(14)15-7-8-20(9-10-25(15,23)24)17(22)12-5-6-16(21)19-11-12/h1-4,12,15H,5-11H2,(H,19,21). The topological polar surface area (TPSA) is 83.6 Å². The molecule has 0 saturated carbocycles. The number of nitrogens with one attached hydrogen (secondary N) is 1. The molecule has 2 heterocycles. The monoisotopic (exact) mass is 368 g/mol. The molecule has 0 spiro atoms. The van der Waals surface area contributed by atoms with E-state index in [4.69, 9.17) is 0 Å². The van der Waals surface area contributed by atoms with Gasteiger partial charge in [-0.1, -0.05) is 18.2 Å². The van der Waals surface area contributed by atoms with Crippen LogP contribution in [0.15, 0.2) is 24.3 Å². The van der Waals surface area contributed by atoms with Crippen molar-refractivity contribution in [3.05, 3.63) is 35.6 Å². The molecule has 2 unspecified atom stereocenters. The normalized spacial score (nSPS) is 26.6. The second-order valence-electron chi connectivity index (χ2n) is 6.53. The number of hydrogen-bond acceptors (Lipinski definition) is 4. The summed E-state index contributed by atoms with van der Waals surface area (Å²) in [5.74, 6) is -1.24. The van der Waals surface area contributed by atoms with Crippen molar-refractivity contribution >= 4 is 21.7 Å². The molecule has 0 aromatic heterocycles. The molecule has 0 aliphatic carbocycles. The van der Waals surface area contributed by atoms with Crippen LogP contribution in [0.5, 0.6) is 0 Å². The molecule has 1 aromatic carbocycles. The number of carbonyl (C=O) groups excluding carboxylic acids is 2. The third-order valence-electron chi connectivity index (χ3n) is 4.92. The summed E-state index contributed by atoms with van der Waals surface area (Å²) in [6, 6.07) is 5.89. The molecular weight excluding hydrogens is 347 g/mol. The SMILES string of the molecule is O=C1CCC(C(=O)N2CCC(c3ccccc3F)S(=O)(=O)CC2)CN1. The molecule has 1 N–H and O–H groups in total. The van der Waals surface area contributed by atoms with Gasteiger partial charge in [0.25, 0.3) is 0 Å². The van der Waals surface area contributed by atoms with E-state index in [-0.39, 0.29) is 55.1 Å². The molecule has 2 saturated heterocycles. The van der Waals surface area contributed by atoms with Gasteiger partial charge in [-0.3, -0.25) is 9.59 Å². The number of piperidine rings is 1. The van der Waals surface area contributed by atoms with Crippen LogP contribution in [0.25, 0.3) is 0 Å². The minimum atomic E-state index is -3.55. The Morgan fingerprint density at radius 3 is 2.64 bits per heavy atom. The summed E-state index contributed by atoms with van der Waals surface area (Å²) in [5, 5.41) is 1.74. The van der Waals surface area contributed by atoms with E-state index in [0.29, 0.717) is 12.8 Å². The number of sulfone groups is 1. The van der Waals surface area contributed by atoms with Gasteiger partial charge in [-0.2, -0.15) is 0 Å². The number of nitrogens with zero attached hydrogens (tertiary/aromatic N) is 1. The first-order chi connectivity index (χ1) is 11.9. The van der Waals surface area contributed by atoms with Crippen molar-refractivity contribution in [2.24, 2.45) is 5.92 Å².